The molecule has 0 atom stereocenters. The first-order valence-electron chi connectivity index (χ1n) is 6.26. The van der Waals surface area contributed by atoms with Crippen molar-refractivity contribution in [1.29, 1.82) is 0 Å². The summed E-state index contributed by atoms with van der Waals surface area (Å²) >= 11 is 6.05. The maximum absolute atomic E-state index is 6.05. The smallest absolute Gasteiger partial charge is 0.135 e. The van der Waals surface area contributed by atoms with Crippen LogP contribution >= 0.6 is 11.6 Å². The molecule has 0 saturated carbocycles. The minimum Gasteiger partial charge on any atom is -0.469 e. The topological polar surface area (TPSA) is 42.2 Å². The Morgan fingerprint density at radius 3 is 2.68 bits per heavy atom. The molecule has 2 aromatic rings. The van der Waals surface area contributed by atoms with Gasteiger partial charge in [0.1, 0.15) is 22.6 Å². The molecular formula is C14H18ClN3O. The van der Waals surface area contributed by atoms with Gasteiger partial charge in [0, 0.05) is 31.1 Å². The molecule has 0 spiro atoms. The Morgan fingerprint density at radius 1 is 1.37 bits per heavy atom. The highest BCUT2D eigenvalue weighted by atomic mass is 35.5. The fraction of sp³-hybridized carbons (Fsp3) is 0.429. The van der Waals surface area contributed by atoms with Gasteiger partial charge in [-0.2, -0.15) is 0 Å². The zero-order valence-corrected chi connectivity index (χ0v) is 12.4. The predicted molar refractivity (Wildman–Crippen MR) is 76.7 cm³/mol. The standard InChI is InChI=1S/C14H18ClN3O/c1-9(2)14-16-12(15)7-13(17-14)18(4)8-11-5-6-19-10(11)3/h5-7,9H,8H2,1-4H3. The Morgan fingerprint density at radius 2 is 2.11 bits per heavy atom. The summed E-state index contributed by atoms with van der Waals surface area (Å²) < 4.78 is 5.30. The summed E-state index contributed by atoms with van der Waals surface area (Å²) in [5.74, 6) is 2.76. The van der Waals surface area contributed by atoms with Crippen LogP contribution in [0.4, 0.5) is 5.82 Å². The van der Waals surface area contributed by atoms with Gasteiger partial charge >= 0.3 is 0 Å². The molecule has 4 nitrogen and oxygen atoms in total. The van der Waals surface area contributed by atoms with Gasteiger partial charge in [0.15, 0.2) is 0 Å². The number of hydrogen-bond donors (Lipinski definition) is 0. The quantitative estimate of drug-likeness (QED) is 0.799. The van der Waals surface area contributed by atoms with Gasteiger partial charge in [-0.3, -0.25) is 0 Å². The van der Waals surface area contributed by atoms with E-state index in [1.165, 1.54) is 0 Å². The lowest BCUT2D eigenvalue weighted by molar-refractivity contribution is 0.529. The molecule has 2 aromatic heterocycles. The lowest BCUT2D eigenvalue weighted by atomic mass is 10.2. The van der Waals surface area contributed by atoms with Crippen LogP contribution in [0.3, 0.4) is 0 Å². The van der Waals surface area contributed by atoms with E-state index in [0.717, 1.165) is 29.5 Å². The van der Waals surface area contributed by atoms with Gasteiger partial charge in [0.25, 0.3) is 0 Å². The lowest BCUT2D eigenvalue weighted by Crippen LogP contribution is -2.19. The second kappa shape index (κ2) is 5.61. The van der Waals surface area contributed by atoms with Gasteiger partial charge in [-0.15, -0.1) is 0 Å². The molecular weight excluding hydrogens is 262 g/mol. The van der Waals surface area contributed by atoms with Crippen molar-refractivity contribution in [3.05, 3.63) is 40.7 Å². The minimum absolute atomic E-state index is 0.251. The van der Waals surface area contributed by atoms with E-state index in [4.69, 9.17) is 16.0 Å². The molecule has 0 unspecified atom stereocenters. The molecule has 0 saturated heterocycles. The van der Waals surface area contributed by atoms with Gasteiger partial charge in [-0.05, 0) is 13.0 Å². The number of rotatable bonds is 4. The van der Waals surface area contributed by atoms with E-state index in [1.807, 2.05) is 24.9 Å². The first-order valence-corrected chi connectivity index (χ1v) is 6.63. The van der Waals surface area contributed by atoms with E-state index < -0.39 is 0 Å². The largest absolute Gasteiger partial charge is 0.469 e. The minimum atomic E-state index is 0.251. The van der Waals surface area contributed by atoms with Crippen molar-refractivity contribution >= 4 is 17.4 Å². The van der Waals surface area contributed by atoms with Crippen molar-refractivity contribution in [3.8, 4) is 0 Å². The molecule has 0 N–H and O–H groups in total. The molecule has 2 rings (SSSR count). The van der Waals surface area contributed by atoms with E-state index in [-0.39, 0.29) is 5.92 Å². The number of aryl methyl sites for hydroxylation is 1. The van der Waals surface area contributed by atoms with E-state index in [2.05, 4.69) is 23.8 Å². The van der Waals surface area contributed by atoms with Crippen LogP contribution in [0.25, 0.3) is 0 Å². The Balaban J connectivity index is 2.23. The zero-order valence-electron chi connectivity index (χ0n) is 11.6. The lowest BCUT2D eigenvalue weighted by Gasteiger charge is -2.19. The molecule has 2 heterocycles. The van der Waals surface area contributed by atoms with Gasteiger partial charge in [-0.25, -0.2) is 9.97 Å². The summed E-state index contributed by atoms with van der Waals surface area (Å²) in [5.41, 5.74) is 1.14. The third-order valence-electron chi connectivity index (χ3n) is 2.98. The molecule has 0 amide bonds. The molecule has 19 heavy (non-hydrogen) atoms. The number of nitrogens with zero attached hydrogens (tertiary/aromatic N) is 3. The van der Waals surface area contributed by atoms with Crippen LogP contribution in [0.15, 0.2) is 22.8 Å². The van der Waals surface area contributed by atoms with Crippen molar-refractivity contribution < 1.29 is 4.42 Å². The normalized spacial score (nSPS) is 11.1. The summed E-state index contributed by atoms with van der Waals surface area (Å²) in [4.78, 5) is 10.8. The third kappa shape index (κ3) is 3.26. The average molecular weight is 280 g/mol. The molecule has 0 radical (unpaired) electrons. The summed E-state index contributed by atoms with van der Waals surface area (Å²) in [7, 11) is 1.98. The second-order valence-corrected chi connectivity index (χ2v) is 5.31. The van der Waals surface area contributed by atoms with Gasteiger partial charge < -0.3 is 9.32 Å². The highest BCUT2D eigenvalue weighted by molar-refractivity contribution is 6.29. The molecule has 0 aliphatic heterocycles. The van der Waals surface area contributed by atoms with Crippen molar-refractivity contribution in [2.75, 3.05) is 11.9 Å². The van der Waals surface area contributed by atoms with Crippen molar-refractivity contribution in [3.63, 3.8) is 0 Å². The molecule has 0 bridgehead atoms. The van der Waals surface area contributed by atoms with Crippen LogP contribution < -0.4 is 4.90 Å². The number of hydrogen-bond acceptors (Lipinski definition) is 4. The Hall–Kier alpha value is -1.55. The van der Waals surface area contributed by atoms with Crippen molar-refractivity contribution in [2.24, 2.45) is 0 Å². The average Bonchev–Trinajstić information content (AvgIpc) is 2.74. The second-order valence-electron chi connectivity index (χ2n) is 4.92. The number of aromatic nitrogens is 2. The summed E-state index contributed by atoms with van der Waals surface area (Å²) in [6.45, 7) is 6.79. The summed E-state index contributed by atoms with van der Waals surface area (Å²) in [6.07, 6.45) is 1.70. The Labute approximate surface area is 118 Å². The van der Waals surface area contributed by atoms with E-state index >= 15 is 0 Å². The molecule has 0 aliphatic carbocycles. The number of anilines is 1. The van der Waals surface area contributed by atoms with E-state index in [9.17, 15) is 0 Å². The van der Waals surface area contributed by atoms with E-state index in [1.54, 1.807) is 12.3 Å². The molecule has 0 fully saturated rings. The van der Waals surface area contributed by atoms with Crippen LogP contribution in [0, 0.1) is 6.92 Å². The van der Waals surface area contributed by atoms with Crippen LogP contribution in [-0.2, 0) is 6.54 Å². The fourth-order valence-corrected chi connectivity index (χ4v) is 1.97. The maximum atomic E-state index is 6.05. The first-order chi connectivity index (χ1) is 8.97. The maximum Gasteiger partial charge on any atom is 0.135 e. The van der Waals surface area contributed by atoms with Crippen molar-refractivity contribution in [1.82, 2.24) is 9.97 Å². The SMILES string of the molecule is Cc1occc1CN(C)c1cc(Cl)nc(C(C)C)n1. The molecule has 5 heteroatoms. The predicted octanol–water partition coefficient (Wildman–Crippen LogP) is 3.79. The van der Waals surface area contributed by atoms with Crippen LogP contribution in [0.5, 0.6) is 0 Å². The van der Waals surface area contributed by atoms with Gasteiger partial charge in [0.05, 0.1) is 6.26 Å². The van der Waals surface area contributed by atoms with Crippen LogP contribution in [0.2, 0.25) is 5.15 Å². The first kappa shape index (κ1) is 13.9. The van der Waals surface area contributed by atoms with Gasteiger partial charge in [-0.1, -0.05) is 25.4 Å². The molecule has 0 aliphatic rings. The highest BCUT2D eigenvalue weighted by Crippen LogP contribution is 2.21. The number of furan rings is 1. The monoisotopic (exact) mass is 279 g/mol. The summed E-state index contributed by atoms with van der Waals surface area (Å²) in [5, 5.41) is 0.476. The third-order valence-corrected chi connectivity index (χ3v) is 3.17. The fourth-order valence-electron chi connectivity index (χ4n) is 1.79. The Kier molecular flexibility index (Phi) is 4.10. The highest BCUT2D eigenvalue weighted by Gasteiger charge is 2.12. The van der Waals surface area contributed by atoms with Crippen LogP contribution in [-0.4, -0.2) is 17.0 Å². The van der Waals surface area contributed by atoms with Crippen LogP contribution in [0.1, 0.15) is 36.9 Å². The number of halogens is 1. The summed E-state index contributed by atoms with van der Waals surface area (Å²) in [6, 6.07) is 3.75. The van der Waals surface area contributed by atoms with Crippen molar-refractivity contribution in [2.45, 2.75) is 33.2 Å². The zero-order chi connectivity index (χ0) is 14.0. The van der Waals surface area contributed by atoms with Gasteiger partial charge in [0.2, 0.25) is 0 Å². The Bertz CT molecular complexity index is 566. The molecule has 102 valence electrons. The molecule has 0 aromatic carbocycles. The van der Waals surface area contributed by atoms with E-state index in [0.29, 0.717) is 5.15 Å².